The van der Waals surface area contributed by atoms with E-state index in [0.717, 1.165) is 55.5 Å². The van der Waals surface area contributed by atoms with Crippen LogP contribution in [0.5, 0.6) is 11.5 Å². The van der Waals surface area contributed by atoms with Crippen LogP contribution in [-0.4, -0.2) is 7.11 Å². The summed E-state index contributed by atoms with van der Waals surface area (Å²) in [6.07, 6.45) is 1.72. The van der Waals surface area contributed by atoms with E-state index in [9.17, 15) is 0 Å². The Labute approximate surface area is 214 Å². The quantitative estimate of drug-likeness (QED) is 0.255. The smallest absolute Gasteiger partial charge is 0.453 e. The Hall–Kier alpha value is -3.36. The second-order valence-electron chi connectivity index (χ2n) is 10.4. The maximum absolute atomic E-state index is 6.69. The Morgan fingerprint density at radius 1 is 0.861 bits per heavy atom. The highest BCUT2D eigenvalue weighted by molar-refractivity contribution is 7.32. The molecule has 0 unspecified atom stereocenters. The summed E-state index contributed by atoms with van der Waals surface area (Å²) in [6.45, 7) is 22.9. The fourth-order valence-corrected chi connectivity index (χ4v) is 5.80. The SMILES string of the molecule is C=CC(=C)c1cc(OC)cc(C(C)(C)C)c1Op1oc2c(C)cc(C)cc2c2cc(C)cc(C)c2o1. The van der Waals surface area contributed by atoms with Crippen molar-refractivity contribution in [1.82, 2.24) is 0 Å². The second-order valence-corrected chi connectivity index (χ2v) is 11.4. The van der Waals surface area contributed by atoms with Crippen LogP contribution in [0.25, 0.3) is 27.5 Å². The maximum Gasteiger partial charge on any atom is 0.453 e. The Balaban J connectivity index is 2.11. The number of rotatable bonds is 5. The fraction of sp³-hybridized carbons (Fsp3) is 0.290. The Kier molecular flexibility index (Phi) is 6.86. The molecule has 0 fully saturated rings. The molecule has 0 aliphatic heterocycles. The van der Waals surface area contributed by atoms with E-state index in [1.54, 1.807) is 13.2 Å². The van der Waals surface area contributed by atoms with E-state index in [1.807, 2.05) is 12.1 Å². The number of hydrogen-bond donors (Lipinski definition) is 0. The third-order valence-electron chi connectivity index (χ3n) is 6.32. The molecule has 3 aromatic carbocycles. The first-order valence-corrected chi connectivity index (χ1v) is 13.1. The van der Waals surface area contributed by atoms with Gasteiger partial charge in [0.1, 0.15) is 22.7 Å². The van der Waals surface area contributed by atoms with Crippen molar-refractivity contribution in [1.29, 1.82) is 0 Å². The molecule has 0 atom stereocenters. The highest BCUT2D eigenvalue weighted by atomic mass is 31.1. The van der Waals surface area contributed by atoms with E-state index in [1.165, 1.54) is 11.1 Å². The third-order valence-corrected chi connectivity index (χ3v) is 7.32. The van der Waals surface area contributed by atoms with E-state index >= 15 is 0 Å². The van der Waals surface area contributed by atoms with Gasteiger partial charge >= 0.3 is 8.24 Å². The summed E-state index contributed by atoms with van der Waals surface area (Å²) in [6, 6.07) is 12.5. The summed E-state index contributed by atoms with van der Waals surface area (Å²) < 4.78 is 25.4. The summed E-state index contributed by atoms with van der Waals surface area (Å²) in [7, 11) is -0.179. The number of fused-ring (bicyclic) bond motifs is 3. The molecule has 4 nitrogen and oxygen atoms in total. The molecule has 4 rings (SSSR count). The molecule has 0 N–H and O–H groups in total. The normalized spacial score (nSPS) is 11.6. The first kappa shape index (κ1) is 25.7. The lowest BCUT2D eigenvalue weighted by Gasteiger charge is -2.25. The van der Waals surface area contributed by atoms with Gasteiger partial charge in [-0.3, -0.25) is 0 Å². The van der Waals surface area contributed by atoms with Gasteiger partial charge in [0.2, 0.25) is 0 Å². The zero-order valence-electron chi connectivity index (χ0n) is 22.5. The van der Waals surface area contributed by atoms with E-state index < -0.39 is 8.24 Å². The average molecular weight is 503 g/mol. The first-order valence-electron chi connectivity index (χ1n) is 12.0. The molecule has 0 radical (unpaired) electrons. The summed E-state index contributed by atoms with van der Waals surface area (Å²) in [4.78, 5) is 0. The van der Waals surface area contributed by atoms with Crippen molar-refractivity contribution in [2.45, 2.75) is 53.9 Å². The van der Waals surface area contributed by atoms with Gasteiger partial charge in [0, 0.05) is 21.9 Å². The number of methoxy groups -OCH3 is 1. The number of ether oxygens (including phenoxy) is 1. The number of allylic oxidation sites excluding steroid dienone is 2. The molecule has 188 valence electrons. The molecule has 0 saturated carbocycles. The van der Waals surface area contributed by atoms with Crippen molar-refractivity contribution < 1.29 is 17.7 Å². The van der Waals surface area contributed by atoms with Crippen molar-refractivity contribution in [2.75, 3.05) is 7.11 Å². The van der Waals surface area contributed by atoms with Crippen LogP contribution in [0.3, 0.4) is 0 Å². The molecule has 0 aliphatic carbocycles. The molecular weight excluding hydrogens is 467 g/mol. The summed E-state index contributed by atoms with van der Waals surface area (Å²) >= 11 is 0. The second kappa shape index (κ2) is 9.59. The number of hydrogen-bond acceptors (Lipinski definition) is 4. The van der Waals surface area contributed by atoms with Crippen molar-refractivity contribution in [3.05, 3.63) is 89.0 Å². The number of benzene rings is 3. The highest BCUT2D eigenvalue weighted by Gasteiger charge is 2.26. The summed E-state index contributed by atoms with van der Waals surface area (Å²) in [5, 5.41) is 2.04. The molecule has 0 spiro atoms. The molecular formula is C31H35O4P. The zero-order chi connectivity index (χ0) is 26.4. The minimum Gasteiger partial charge on any atom is -0.497 e. The van der Waals surface area contributed by atoms with Crippen molar-refractivity contribution in [3.8, 4) is 11.5 Å². The van der Waals surface area contributed by atoms with Gasteiger partial charge < -0.3 is 17.7 Å². The van der Waals surface area contributed by atoms with Gasteiger partial charge in [0.05, 0.1) is 7.11 Å². The van der Waals surface area contributed by atoms with Gasteiger partial charge in [-0.05, 0) is 85.2 Å². The van der Waals surface area contributed by atoms with E-state index in [4.69, 9.17) is 17.7 Å². The maximum atomic E-state index is 6.69. The minimum atomic E-state index is -1.84. The summed E-state index contributed by atoms with van der Waals surface area (Å²) in [5.74, 6) is 1.40. The van der Waals surface area contributed by atoms with Gasteiger partial charge in [-0.25, -0.2) is 0 Å². The van der Waals surface area contributed by atoms with Crippen LogP contribution < -0.4 is 9.26 Å². The molecule has 1 heterocycles. The Morgan fingerprint density at radius 2 is 1.39 bits per heavy atom. The summed E-state index contributed by atoms with van der Waals surface area (Å²) in [5.41, 5.74) is 8.25. The number of aryl methyl sites for hydroxylation is 4. The zero-order valence-corrected chi connectivity index (χ0v) is 23.4. The van der Waals surface area contributed by atoms with Crippen LogP contribution in [0.15, 0.2) is 64.0 Å². The largest absolute Gasteiger partial charge is 0.497 e. The predicted octanol–water partition coefficient (Wildman–Crippen LogP) is 9.87. The molecule has 4 aromatic rings. The lowest BCUT2D eigenvalue weighted by molar-refractivity contribution is 0.409. The lowest BCUT2D eigenvalue weighted by Crippen LogP contribution is -2.13. The van der Waals surface area contributed by atoms with Gasteiger partial charge in [0.15, 0.2) is 0 Å². The van der Waals surface area contributed by atoms with Crippen molar-refractivity contribution in [3.63, 3.8) is 0 Å². The van der Waals surface area contributed by atoms with Gasteiger partial charge in [0.25, 0.3) is 0 Å². The predicted molar refractivity (Wildman–Crippen MR) is 152 cm³/mol. The Bertz CT molecular complexity index is 1480. The molecule has 0 aliphatic rings. The van der Waals surface area contributed by atoms with Crippen LogP contribution in [0.2, 0.25) is 0 Å². The standard InChI is InChI=1S/C31H35O4P/c1-11-20(4)24-16-23(32-10)17-27(31(7,8)9)30(24)35-36-33-28-21(5)12-18(2)14-25(28)26-15-19(3)13-22(6)29(26)34-36/h11-17H,1,4H2,2-3,5-10H3. The van der Waals surface area contributed by atoms with E-state index in [-0.39, 0.29) is 5.41 Å². The molecule has 0 amide bonds. The molecule has 5 heteroatoms. The van der Waals surface area contributed by atoms with Crippen molar-refractivity contribution in [2.24, 2.45) is 0 Å². The minimum absolute atomic E-state index is 0.239. The average Bonchev–Trinajstić information content (AvgIpc) is 2.95. The van der Waals surface area contributed by atoms with Crippen LogP contribution in [0, 0.1) is 27.7 Å². The fourth-order valence-electron chi connectivity index (χ4n) is 4.55. The first-order chi connectivity index (χ1) is 16.9. The monoisotopic (exact) mass is 502 g/mol. The van der Waals surface area contributed by atoms with Crippen molar-refractivity contribution >= 4 is 35.8 Å². The highest BCUT2D eigenvalue weighted by Crippen LogP contribution is 2.46. The van der Waals surface area contributed by atoms with Gasteiger partial charge in [-0.2, -0.15) is 0 Å². The van der Waals surface area contributed by atoms with Crippen LogP contribution in [0.1, 0.15) is 54.2 Å². The Morgan fingerprint density at radius 3 is 1.83 bits per heavy atom. The van der Waals surface area contributed by atoms with E-state index in [0.29, 0.717) is 5.75 Å². The third kappa shape index (κ3) is 4.83. The van der Waals surface area contributed by atoms with E-state index in [2.05, 4.69) is 85.9 Å². The van der Waals surface area contributed by atoms with Crippen LogP contribution in [0.4, 0.5) is 0 Å². The van der Waals surface area contributed by atoms with Crippen LogP contribution in [-0.2, 0) is 5.41 Å². The molecule has 0 saturated heterocycles. The molecule has 0 bridgehead atoms. The molecule has 1 aromatic heterocycles. The van der Waals surface area contributed by atoms with Gasteiger partial charge in [-0.1, -0.05) is 52.1 Å². The molecule has 36 heavy (non-hydrogen) atoms. The van der Waals surface area contributed by atoms with Gasteiger partial charge in [-0.15, -0.1) is 0 Å². The van der Waals surface area contributed by atoms with Crippen LogP contribution >= 0.6 is 8.24 Å². The lowest BCUT2D eigenvalue weighted by atomic mass is 9.84. The topological polar surface area (TPSA) is 44.7 Å².